The van der Waals surface area contributed by atoms with Crippen molar-refractivity contribution in [3.05, 3.63) is 231 Å². The smallest absolute Gasteiger partial charge is 0.0541 e. The van der Waals surface area contributed by atoms with Gasteiger partial charge in [-0.15, -0.1) is 0 Å². The van der Waals surface area contributed by atoms with Gasteiger partial charge in [-0.05, 0) is 132 Å². The van der Waals surface area contributed by atoms with E-state index in [0.29, 0.717) is 0 Å². The maximum absolute atomic E-state index is 2.38. The largest absolute Gasteiger partial charge is 0.310 e. The molecular weight excluding hydrogens is 725 g/mol. The van der Waals surface area contributed by atoms with E-state index >= 15 is 0 Å². The molecule has 0 amide bonds. The van der Waals surface area contributed by atoms with Crippen LogP contribution >= 0.6 is 0 Å². The van der Waals surface area contributed by atoms with Gasteiger partial charge in [-0.1, -0.05) is 164 Å². The maximum atomic E-state index is 2.38. The summed E-state index contributed by atoms with van der Waals surface area (Å²) in [5.74, 6) is 0. The van der Waals surface area contributed by atoms with Gasteiger partial charge in [-0.3, -0.25) is 0 Å². The van der Waals surface area contributed by atoms with Gasteiger partial charge in [0.05, 0.1) is 11.0 Å². The van der Waals surface area contributed by atoms with Gasteiger partial charge in [-0.25, -0.2) is 0 Å². The summed E-state index contributed by atoms with van der Waals surface area (Å²) in [4.78, 5) is 2.38. The van der Waals surface area contributed by atoms with E-state index < -0.39 is 0 Å². The third-order valence-corrected chi connectivity index (χ3v) is 12.4. The predicted molar refractivity (Wildman–Crippen MR) is 256 cm³/mol. The lowest BCUT2D eigenvalue weighted by Crippen LogP contribution is -2.09. The molecule has 0 spiro atoms. The highest BCUT2D eigenvalue weighted by molar-refractivity contribution is 6.13. The number of benzene rings is 11. The molecule has 0 saturated heterocycles. The fraction of sp³-hybridized carbons (Fsp3) is 0. The summed E-state index contributed by atoms with van der Waals surface area (Å²) in [6.45, 7) is 0. The van der Waals surface area contributed by atoms with Gasteiger partial charge in [0.2, 0.25) is 0 Å². The van der Waals surface area contributed by atoms with E-state index in [4.69, 9.17) is 0 Å². The van der Waals surface area contributed by atoms with E-state index in [2.05, 4.69) is 240 Å². The van der Waals surface area contributed by atoms with Gasteiger partial charge in [-0.2, -0.15) is 0 Å². The second kappa shape index (κ2) is 13.9. The average molecular weight is 763 g/mol. The van der Waals surface area contributed by atoms with E-state index in [-0.39, 0.29) is 0 Å². The Balaban J connectivity index is 0.962. The predicted octanol–water partition coefficient (Wildman–Crippen LogP) is 16.2. The van der Waals surface area contributed by atoms with Crippen molar-refractivity contribution in [2.75, 3.05) is 4.90 Å². The molecule has 0 aliphatic carbocycles. The first-order valence-corrected chi connectivity index (χ1v) is 20.7. The van der Waals surface area contributed by atoms with Crippen molar-refractivity contribution in [2.24, 2.45) is 0 Å². The number of aromatic nitrogens is 1. The van der Waals surface area contributed by atoms with Crippen LogP contribution in [0.4, 0.5) is 17.1 Å². The van der Waals surface area contributed by atoms with Gasteiger partial charge < -0.3 is 9.47 Å². The Morgan fingerprint density at radius 3 is 1.57 bits per heavy atom. The first kappa shape index (κ1) is 34.1. The van der Waals surface area contributed by atoms with Crippen LogP contribution < -0.4 is 4.90 Å². The molecule has 0 aliphatic rings. The molecule has 12 aromatic rings. The standard InChI is InChI=1S/C58H38N2/c1-2-13-45(14-3-1)60-57-20-9-8-17-55(57)56-38-43(28-36-58(56)60)39-23-29-46(30-24-39)59(48-33-35-52-44(37-48)22-21-40-11-4-6-15-49(40)52)47-31-25-42(26-32-47)51-18-10-19-53-50-16-7-5-12-41(50)27-34-54(51)53/h1-38H. The molecule has 0 unspecified atom stereocenters. The molecule has 2 heteroatoms. The zero-order valence-electron chi connectivity index (χ0n) is 32.8. The molecule has 0 saturated carbocycles. The molecule has 0 radical (unpaired) electrons. The molecule has 0 fully saturated rings. The van der Waals surface area contributed by atoms with Crippen molar-refractivity contribution in [3.63, 3.8) is 0 Å². The Morgan fingerprint density at radius 2 is 0.800 bits per heavy atom. The summed E-state index contributed by atoms with van der Waals surface area (Å²) in [6.07, 6.45) is 0. The van der Waals surface area contributed by atoms with Gasteiger partial charge >= 0.3 is 0 Å². The van der Waals surface area contributed by atoms with Crippen molar-refractivity contribution < 1.29 is 0 Å². The lowest BCUT2D eigenvalue weighted by atomic mass is 9.94. The van der Waals surface area contributed by atoms with Gasteiger partial charge in [0.1, 0.15) is 0 Å². The second-order valence-electron chi connectivity index (χ2n) is 15.7. The fourth-order valence-electron chi connectivity index (χ4n) is 9.48. The number of hydrogen-bond donors (Lipinski definition) is 0. The molecule has 0 aliphatic heterocycles. The van der Waals surface area contributed by atoms with E-state index in [1.54, 1.807) is 0 Å². The lowest BCUT2D eigenvalue weighted by Gasteiger charge is -2.26. The molecule has 0 atom stereocenters. The van der Waals surface area contributed by atoms with Crippen LogP contribution in [-0.2, 0) is 0 Å². The quantitative estimate of drug-likeness (QED) is 0.153. The number of hydrogen-bond acceptors (Lipinski definition) is 1. The number of para-hydroxylation sites is 2. The van der Waals surface area contributed by atoms with Crippen LogP contribution in [0, 0.1) is 0 Å². The number of anilines is 3. The van der Waals surface area contributed by atoms with Crippen LogP contribution in [-0.4, -0.2) is 4.57 Å². The summed E-state index contributed by atoms with van der Waals surface area (Å²) in [5.41, 5.74) is 11.7. The number of nitrogens with zero attached hydrogens (tertiary/aromatic N) is 2. The van der Waals surface area contributed by atoms with Crippen LogP contribution in [0.2, 0.25) is 0 Å². The highest BCUT2D eigenvalue weighted by Crippen LogP contribution is 2.41. The van der Waals surface area contributed by atoms with Crippen molar-refractivity contribution in [1.29, 1.82) is 0 Å². The fourth-order valence-corrected chi connectivity index (χ4v) is 9.48. The third kappa shape index (κ3) is 5.57. The Bertz CT molecular complexity index is 3580. The lowest BCUT2D eigenvalue weighted by molar-refractivity contribution is 1.18. The van der Waals surface area contributed by atoms with Gasteiger partial charge in [0.15, 0.2) is 0 Å². The van der Waals surface area contributed by atoms with Crippen LogP contribution in [0.25, 0.3) is 92.8 Å². The van der Waals surface area contributed by atoms with Crippen molar-refractivity contribution in [1.82, 2.24) is 4.57 Å². The van der Waals surface area contributed by atoms with Crippen LogP contribution in [0.15, 0.2) is 231 Å². The minimum absolute atomic E-state index is 1.10. The van der Waals surface area contributed by atoms with E-state index in [1.807, 2.05) is 0 Å². The summed E-state index contributed by atoms with van der Waals surface area (Å²) in [7, 11) is 0. The molecule has 1 aromatic heterocycles. The Morgan fingerprint density at radius 1 is 0.267 bits per heavy atom. The zero-order valence-corrected chi connectivity index (χ0v) is 32.8. The third-order valence-electron chi connectivity index (χ3n) is 12.4. The van der Waals surface area contributed by atoms with Crippen molar-refractivity contribution in [2.45, 2.75) is 0 Å². The first-order chi connectivity index (χ1) is 29.7. The maximum Gasteiger partial charge on any atom is 0.0541 e. The van der Waals surface area contributed by atoms with Crippen molar-refractivity contribution >= 4 is 82.0 Å². The number of rotatable bonds is 6. The summed E-state index contributed by atoms with van der Waals surface area (Å²) >= 11 is 0. The molecular formula is C58H38N2. The normalized spacial score (nSPS) is 11.7. The SMILES string of the molecule is c1ccc(-n2c3ccccc3c3cc(-c4ccc(N(c5ccc(-c6cccc7c6ccc6ccccc67)cc5)c5ccc6c(ccc7ccccc76)c5)cc4)ccc32)cc1. The second-order valence-corrected chi connectivity index (χ2v) is 15.7. The molecule has 60 heavy (non-hydrogen) atoms. The Hall–Kier alpha value is -7.94. The minimum atomic E-state index is 1.10. The first-order valence-electron chi connectivity index (χ1n) is 20.7. The molecule has 11 aromatic carbocycles. The van der Waals surface area contributed by atoms with Crippen molar-refractivity contribution in [3.8, 4) is 27.9 Å². The summed E-state index contributed by atoms with van der Waals surface area (Å²) in [6, 6.07) is 84.3. The highest BCUT2D eigenvalue weighted by atomic mass is 15.1. The Labute approximate surface area is 348 Å². The number of fused-ring (bicyclic) bond motifs is 9. The molecule has 0 N–H and O–H groups in total. The van der Waals surface area contributed by atoms with Crippen LogP contribution in [0.3, 0.4) is 0 Å². The summed E-state index contributed by atoms with van der Waals surface area (Å²) in [5, 5.41) is 12.6. The molecule has 12 rings (SSSR count). The molecule has 280 valence electrons. The van der Waals surface area contributed by atoms with E-state index in [1.165, 1.54) is 92.8 Å². The van der Waals surface area contributed by atoms with Gasteiger partial charge in [0.25, 0.3) is 0 Å². The van der Waals surface area contributed by atoms with Crippen LogP contribution in [0.5, 0.6) is 0 Å². The highest BCUT2D eigenvalue weighted by Gasteiger charge is 2.17. The van der Waals surface area contributed by atoms with E-state index in [0.717, 1.165) is 17.1 Å². The van der Waals surface area contributed by atoms with Gasteiger partial charge in [0, 0.05) is 33.5 Å². The molecule has 2 nitrogen and oxygen atoms in total. The monoisotopic (exact) mass is 762 g/mol. The Kier molecular flexibility index (Phi) is 7.89. The molecule has 1 heterocycles. The van der Waals surface area contributed by atoms with E-state index in [9.17, 15) is 0 Å². The van der Waals surface area contributed by atoms with Crippen LogP contribution in [0.1, 0.15) is 0 Å². The zero-order chi connectivity index (χ0) is 39.6. The molecule has 0 bridgehead atoms. The summed E-state index contributed by atoms with van der Waals surface area (Å²) < 4.78 is 2.37. The topological polar surface area (TPSA) is 8.17 Å². The average Bonchev–Trinajstić information content (AvgIpc) is 3.66. The minimum Gasteiger partial charge on any atom is -0.310 e.